The van der Waals surface area contributed by atoms with E-state index in [1.165, 1.54) is 40.1 Å². The van der Waals surface area contributed by atoms with Gasteiger partial charge in [0.2, 0.25) is 0 Å². The Morgan fingerprint density at radius 2 is 1.86 bits per heavy atom. The van der Waals surface area contributed by atoms with E-state index in [9.17, 15) is 4.39 Å². The van der Waals surface area contributed by atoms with Gasteiger partial charge in [-0.25, -0.2) is 4.39 Å². The zero-order valence-corrected chi connectivity index (χ0v) is 17.0. The highest BCUT2D eigenvalue weighted by atomic mass is 19.1. The molecule has 4 heteroatoms. The van der Waals surface area contributed by atoms with E-state index >= 15 is 0 Å². The first kappa shape index (κ1) is 19.2. The predicted molar refractivity (Wildman–Crippen MR) is 112 cm³/mol. The second-order valence-electron chi connectivity index (χ2n) is 7.99. The zero-order valence-electron chi connectivity index (χ0n) is 17.0. The minimum atomic E-state index is -0.193. The van der Waals surface area contributed by atoms with Crippen molar-refractivity contribution < 1.29 is 9.13 Å². The van der Waals surface area contributed by atoms with Crippen LogP contribution in [0.5, 0.6) is 0 Å². The van der Waals surface area contributed by atoms with Crippen molar-refractivity contribution >= 4 is 5.69 Å². The van der Waals surface area contributed by atoms with Crippen LogP contribution in [0.15, 0.2) is 53.7 Å². The summed E-state index contributed by atoms with van der Waals surface area (Å²) < 4.78 is 18.9. The summed E-state index contributed by atoms with van der Waals surface area (Å²) in [6, 6.07) is 14.0. The number of benzene rings is 2. The molecule has 148 valence electrons. The summed E-state index contributed by atoms with van der Waals surface area (Å²) in [5.41, 5.74) is 7.90. The van der Waals surface area contributed by atoms with Crippen molar-refractivity contribution in [1.82, 2.24) is 4.90 Å². The van der Waals surface area contributed by atoms with Crippen molar-refractivity contribution in [3.8, 4) is 0 Å². The normalized spacial score (nSPS) is 18.7. The highest BCUT2D eigenvalue weighted by molar-refractivity contribution is 5.52. The van der Waals surface area contributed by atoms with E-state index in [2.05, 4.69) is 48.9 Å². The van der Waals surface area contributed by atoms with E-state index in [1.807, 2.05) is 12.1 Å². The molecule has 0 saturated heterocycles. The van der Waals surface area contributed by atoms with Gasteiger partial charge in [0.05, 0.1) is 13.2 Å². The average Bonchev–Trinajstić information content (AvgIpc) is 2.73. The van der Waals surface area contributed by atoms with Gasteiger partial charge in [0.1, 0.15) is 5.82 Å². The molecule has 0 fully saturated rings. The van der Waals surface area contributed by atoms with E-state index in [1.54, 1.807) is 0 Å². The number of halogens is 1. The fourth-order valence-corrected chi connectivity index (χ4v) is 4.40. The molecule has 0 spiro atoms. The molecule has 2 aliphatic rings. The highest BCUT2D eigenvalue weighted by Gasteiger charge is 2.24. The largest absolute Gasteiger partial charge is 0.376 e. The number of hydrogen-bond donors (Lipinski definition) is 0. The summed E-state index contributed by atoms with van der Waals surface area (Å²) in [4.78, 5) is 4.75. The number of hydrogen-bond acceptors (Lipinski definition) is 3. The van der Waals surface area contributed by atoms with Crippen LogP contribution in [0, 0.1) is 5.82 Å². The molecule has 2 aliphatic heterocycles. The molecule has 0 aliphatic carbocycles. The first-order chi connectivity index (χ1) is 13.5. The van der Waals surface area contributed by atoms with Crippen molar-refractivity contribution in [3.05, 3.63) is 76.2 Å². The highest BCUT2D eigenvalue weighted by Crippen LogP contribution is 2.31. The SMILES string of the molecule is CC1=C(N(C)c2ccc(F)cc2)CCN(C(C)c2ccc3c(c2)COCC3)C1. The van der Waals surface area contributed by atoms with Crippen LogP contribution in [0.1, 0.15) is 43.0 Å². The van der Waals surface area contributed by atoms with E-state index in [0.29, 0.717) is 6.04 Å². The quantitative estimate of drug-likeness (QED) is 0.736. The molecule has 28 heavy (non-hydrogen) atoms. The lowest BCUT2D eigenvalue weighted by molar-refractivity contribution is 0.110. The first-order valence-electron chi connectivity index (χ1n) is 10.1. The third kappa shape index (κ3) is 3.85. The maximum atomic E-state index is 13.2. The molecular weight excluding hydrogens is 351 g/mol. The molecule has 1 unspecified atom stereocenters. The van der Waals surface area contributed by atoms with Gasteiger partial charge < -0.3 is 9.64 Å². The molecule has 1 atom stereocenters. The average molecular weight is 381 g/mol. The van der Waals surface area contributed by atoms with Gasteiger partial charge in [0.15, 0.2) is 0 Å². The van der Waals surface area contributed by atoms with Crippen LogP contribution in [0.3, 0.4) is 0 Å². The van der Waals surface area contributed by atoms with Crippen LogP contribution in [-0.2, 0) is 17.8 Å². The van der Waals surface area contributed by atoms with Gasteiger partial charge in [-0.3, -0.25) is 4.90 Å². The van der Waals surface area contributed by atoms with Crippen LogP contribution in [0.4, 0.5) is 10.1 Å². The third-order valence-electron chi connectivity index (χ3n) is 6.22. The smallest absolute Gasteiger partial charge is 0.123 e. The number of ether oxygens (including phenoxy) is 1. The Morgan fingerprint density at radius 1 is 1.07 bits per heavy atom. The van der Waals surface area contributed by atoms with E-state index < -0.39 is 0 Å². The van der Waals surface area contributed by atoms with Crippen molar-refractivity contribution in [2.24, 2.45) is 0 Å². The second-order valence-corrected chi connectivity index (χ2v) is 7.99. The predicted octanol–water partition coefficient (Wildman–Crippen LogP) is 5.08. The van der Waals surface area contributed by atoms with Gasteiger partial charge in [0.25, 0.3) is 0 Å². The van der Waals surface area contributed by atoms with E-state index in [4.69, 9.17) is 4.74 Å². The van der Waals surface area contributed by atoms with Gasteiger partial charge in [0, 0.05) is 44.0 Å². The van der Waals surface area contributed by atoms with Gasteiger partial charge in [-0.1, -0.05) is 18.2 Å². The maximum Gasteiger partial charge on any atom is 0.123 e. The lowest BCUT2D eigenvalue weighted by Gasteiger charge is -2.37. The number of rotatable bonds is 4. The Morgan fingerprint density at radius 3 is 2.61 bits per heavy atom. The summed E-state index contributed by atoms with van der Waals surface area (Å²) >= 11 is 0. The Labute approximate surface area is 167 Å². The number of fused-ring (bicyclic) bond motifs is 1. The molecule has 0 bridgehead atoms. The summed E-state index contributed by atoms with van der Waals surface area (Å²) in [5, 5.41) is 0. The number of nitrogens with zero attached hydrogens (tertiary/aromatic N) is 2. The zero-order chi connectivity index (χ0) is 19.7. The van der Waals surface area contributed by atoms with E-state index in [0.717, 1.165) is 44.8 Å². The van der Waals surface area contributed by atoms with Gasteiger partial charge in [-0.15, -0.1) is 0 Å². The van der Waals surface area contributed by atoms with Crippen LogP contribution < -0.4 is 4.90 Å². The Hall–Kier alpha value is -2.17. The molecule has 2 heterocycles. The van der Waals surface area contributed by atoms with Crippen LogP contribution in [0.25, 0.3) is 0 Å². The number of anilines is 1. The van der Waals surface area contributed by atoms with Gasteiger partial charge in [-0.2, -0.15) is 0 Å². The van der Waals surface area contributed by atoms with Crippen LogP contribution in [0.2, 0.25) is 0 Å². The fourth-order valence-electron chi connectivity index (χ4n) is 4.40. The molecule has 3 nitrogen and oxygen atoms in total. The molecule has 4 rings (SSSR count). The molecule has 0 N–H and O–H groups in total. The minimum absolute atomic E-state index is 0.193. The van der Waals surface area contributed by atoms with Gasteiger partial charge >= 0.3 is 0 Å². The second kappa shape index (κ2) is 8.06. The molecular formula is C24H29FN2O. The molecule has 2 aromatic carbocycles. The van der Waals surface area contributed by atoms with Gasteiger partial charge in [-0.05, 0) is 66.8 Å². The molecule has 0 radical (unpaired) electrons. The van der Waals surface area contributed by atoms with Crippen molar-refractivity contribution in [2.45, 2.75) is 39.3 Å². The first-order valence-corrected chi connectivity index (χ1v) is 10.1. The Kier molecular flexibility index (Phi) is 5.51. The molecule has 0 saturated carbocycles. The summed E-state index contributed by atoms with van der Waals surface area (Å²) in [7, 11) is 2.08. The lowest BCUT2D eigenvalue weighted by atomic mass is 9.95. The summed E-state index contributed by atoms with van der Waals surface area (Å²) in [5.74, 6) is -0.193. The maximum absolute atomic E-state index is 13.2. The van der Waals surface area contributed by atoms with Crippen molar-refractivity contribution in [1.29, 1.82) is 0 Å². The standard InChI is InChI=1S/C24H29FN2O/c1-17-15-27(12-10-24(17)26(3)23-8-6-22(25)7-9-23)18(2)20-5-4-19-11-13-28-16-21(19)14-20/h4-9,14,18H,10-13,15-16H2,1-3H3. The van der Waals surface area contributed by atoms with Crippen molar-refractivity contribution in [2.75, 3.05) is 31.6 Å². The van der Waals surface area contributed by atoms with Crippen LogP contribution in [-0.4, -0.2) is 31.6 Å². The fraction of sp³-hybridized carbons (Fsp3) is 0.417. The minimum Gasteiger partial charge on any atom is -0.376 e. The topological polar surface area (TPSA) is 15.7 Å². The molecule has 0 amide bonds. The Bertz CT molecular complexity index is 875. The van der Waals surface area contributed by atoms with E-state index in [-0.39, 0.29) is 5.82 Å². The third-order valence-corrected chi connectivity index (χ3v) is 6.22. The molecule has 2 aromatic rings. The molecule has 0 aromatic heterocycles. The lowest BCUT2D eigenvalue weighted by Crippen LogP contribution is -2.36. The summed E-state index contributed by atoms with van der Waals surface area (Å²) in [6.45, 7) is 8.06. The Balaban J connectivity index is 1.49. The van der Waals surface area contributed by atoms with Crippen LogP contribution >= 0.6 is 0 Å². The summed E-state index contributed by atoms with van der Waals surface area (Å²) in [6.07, 6.45) is 2.02. The van der Waals surface area contributed by atoms with Crippen molar-refractivity contribution in [3.63, 3.8) is 0 Å². The monoisotopic (exact) mass is 380 g/mol.